The maximum Gasteiger partial charge on any atom is 0.407 e. The second-order valence-corrected chi connectivity index (χ2v) is 27.1. The van der Waals surface area contributed by atoms with E-state index in [1.807, 2.05) is 41.5 Å². The van der Waals surface area contributed by atoms with E-state index in [0.717, 1.165) is 0 Å². The van der Waals surface area contributed by atoms with Crippen LogP contribution in [-0.2, 0) is 57.0 Å². The average molecular weight is 1320 g/mol. The Morgan fingerprint density at radius 3 is 1.24 bits per heavy atom. The van der Waals surface area contributed by atoms with Gasteiger partial charge in [0.15, 0.2) is 37.0 Å². The maximum absolute atomic E-state index is 13.1. The molecule has 0 aromatic heterocycles. The van der Waals surface area contributed by atoms with E-state index in [0.29, 0.717) is 32.1 Å². The molecule has 0 aromatic carbocycles. The van der Waals surface area contributed by atoms with Crippen molar-refractivity contribution >= 4 is 23.9 Å². The zero-order chi connectivity index (χ0) is 68.9. The molecule has 0 aromatic rings. The Bertz CT molecular complexity index is 2220. The number of rotatable bonds is 20. The van der Waals surface area contributed by atoms with E-state index in [9.17, 15) is 75.3 Å². The highest BCUT2D eigenvalue weighted by atomic mass is 16.7. The smallest absolute Gasteiger partial charge is 0.407 e. The maximum atomic E-state index is 13.1. The Hall–Kier alpha value is -3.24. The first kappa shape index (κ1) is 80.2. The Labute approximate surface area is 531 Å². The van der Waals surface area contributed by atoms with Gasteiger partial charge >= 0.3 is 18.2 Å². The van der Waals surface area contributed by atoms with Gasteiger partial charge in [-0.05, 0) is 97.8 Å². The topological polar surface area (TPSA) is 526 Å². The van der Waals surface area contributed by atoms with Gasteiger partial charge in [-0.1, -0.05) is 41.5 Å². The molecule has 4 aliphatic heterocycles. The molecule has 2 unspecified atom stereocenters. The Morgan fingerprint density at radius 1 is 0.495 bits per heavy atom. The largest absolute Gasteiger partial charge is 0.479 e. The van der Waals surface area contributed by atoms with Crippen LogP contribution in [0.2, 0.25) is 0 Å². The molecule has 6 rings (SSSR count). The standard InChI is InChI=1S/C30H54N2O13.C21H40N2O9.C8H15NO5/c1-7-19-17(35)9-14(3)27(41-19)43-25-13(2)8-15(10-16(34)18(36)11-32-29(40)45-30(4,5)6)26(24(25)39)44-28-23(38)21(31)22(37)20(12-33)42-28;1-4-12-11(25)6-9(3)20(29-12)31-18-8(2)5-10(22)19(17(18)28)32-21-16(27)14(23)15(26)13(7-24)30-21;1-8(2,3)14-7(13)9-4-5(10)6(11)12/h13-15,17-28,33,35-39H,7-12,31H2,1-6H3,(H,32,40);8-21,24-28H,4-7,22-23H2,1-3H3;5,10H,4H2,1-3H3,(H,9,13)(H,11,12)/t13-,14+,15-,17-,18-,19+,20+,21-,22+,23+,24-,25?,26-,27+,28+;8-,9+,10+,11-,12+,13+,14-,15+,16+,17-,18?,19-,20+,21+;5-/m000/s1. The SMILES string of the molecule is CC(C)(C)OC(=O)NC[C@H](O)C(=O)O.CC[C@H]1O[C@H](OC2[C@@H](C)C[C@@H](CC(=O)[C@@H](O)CNC(=O)OC(C)(C)C)[C@H](O[C@H]3O[C@H](CO)[C@@H](O)[C@H](N)[C@H]3O)[C@H]2O)[C@H](C)C[C@@H]1O.CC[C@H]1O[C@H](OC2[C@@H](C)C[C@@H](N)[C@H](O[C@H]3O[C@H](CO)[C@@H](O)[C@H](N)[C@H]3O)[C@H]2O)[C@H](C)C[C@@H]1O. The van der Waals surface area contributed by atoms with Gasteiger partial charge in [0, 0.05) is 24.3 Å². The first-order valence-electron chi connectivity index (χ1n) is 31.5. The van der Waals surface area contributed by atoms with Crippen LogP contribution >= 0.6 is 0 Å². The van der Waals surface area contributed by atoms with E-state index >= 15 is 0 Å². The molecule has 2 aliphatic carbocycles. The number of hydrogen-bond acceptors (Lipinski definition) is 29. The number of nitrogens with one attached hydrogen (secondary N) is 2. The molecule has 0 bridgehead atoms. The first-order valence-corrected chi connectivity index (χ1v) is 31.5. The predicted molar refractivity (Wildman–Crippen MR) is 317 cm³/mol. The molecule has 32 heteroatoms. The summed E-state index contributed by atoms with van der Waals surface area (Å²) in [5.74, 6) is -3.42. The molecular formula is C59H109N5O27. The van der Waals surface area contributed by atoms with E-state index in [2.05, 4.69) is 10.6 Å². The van der Waals surface area contributed by atoms with Crippen LogP contribution in [0.4, 0.5) is 9.59 Å². The van der Waals surface area contributed by atoms with Crippen LogP contribution in [0.5, 0.6) is 0 Å². The Balaban J connectivity index is 0.000000332. The van der Waals surface area contributed by atoms with Gasteiger partial charge in [-0.15, -0.1) is 0 Å². The van der Waals surface area contributed by atoms with Crippen LogP contribution in [0.15, 0.2) is 0 Å². The zero-order valence-corrected chi connectivity index (χ0v) is 54.4. The second-order valence-electron chi connectivity index (χ2n) is 27.1. The van der Waals surface area contributed by atoms with Crippen LogP contribution < -0.4 is 27.8 Å². The van der Waals surface area contributed by atoms with Crippen molar-refractivity contribution in [1.82, 2.24) is 10.6 Å². The van der Waals surface area contributed by atoms with Crippen molar-refractivity contribution in [3.8, 4) is 0 Å². The molecule has 532 valence electrons. The summed E-state index contributed by atoms with van der Waals surface area (Å²) in [6.45, 7) is 19.6. The van der Waals surface area contributed by atoms with Crippen molar-refractivity contribution in [1.29, 1.82) is 0 Å². The van der Waals surface area contributed by atoms with Crippen molar-refractivity contribution < 1.29 is 133 Å². The molecule has 2 amide bonds. The number of carboxylic acids is 1. The number of carbonyl (C=O) groups is 4. The van der Waals surface area contributed by atoms with Crippen LogP contribution in [0.25, 0.3) is 0 Å². The van der Waals surface area contributed by atoms with Crippen LogP contribution in [-0.4, -0.2) is 281 Å². The highest BCUT2D eigenvalue weighted by Gasteiger charge is 2.53. The van der Waals surface area contributed by atoms with Gasteiger partial charge < -0.3 is 142 Å². The lowest BCUT2D eigenvalue weighted by atomic mass is 9.74. The number of carboxylic acid groups (broad SMARTS) is 1. The van der Waals surface area contributed by atoms with Crippen LogP contribution in [0.1, 0.15) is 128 Å². The van der Waals surface area contributed by atoms with E-state index in [1.165, 1.54) is 0 Å². The molecule has 4 heterocycles. The number of alkyl carbamates (subject to hydrolysis) is 2. The summed E-state index contributed by atoms with van der Waals surface area (Å²) >= 11 is 0. The molecule has 21 N–H and O–H groups in total. The molecule has 2 saturated carbocycles. The van der Waals surface area contributed by atoms with Gasteiger partial charge in [0.1, 0.15) is 72.2 Å². The first-order chi connectivity index (χ1) is 42.3. The lowest BCUT2D eigenvalue weighted by Gasteiger charge is -2.49. The highest BCUT2D eigenvalue weighted by molar-refractivity contribution is 5.84. The molecule has 4 saturated heterocycles. The molecule has 30 atom stereocenters. The average Bonchev–Trinajstić information content (AvgIpc) is 0.956. The van der Waals surface area contributed by atoms with Gasteiger partial charge in [0.05, 0.1) is 81.1 Å². The van der Waals surface area contributed by atoms with Gasteiger partial charge in [0.25, 0.3) is 0 Å². The van der Waals surface area contributed by atoms with Crippen molar-refractivity contribution in [2.45, 2.75) is 292 Å². The minimum Gasteiger partial charge on any atom is -0.479 e. The zero-order valence-electron chi connectivity index (χ0n) is 54.4. The summed E-state index contributed by atoms with van der Waals surface area (Å²) in [6.07, 6.45) is -22.1. The fourth-order valence-corrected chi connectivity index (χ4v) is 11.8. The minimum absolute atomic E-state index is 0.0736. The number of carbonyl (C=O) groups excluding carboxylic acids is 3. The summed E-state index contributed by atoms with van der Waals surface area (Å²) in [7, 11) is 0. The van der Waals surface area contributed by atoms with Crippen LogP contribution in [0, 0.1) is 29.6 Å². The van der Waals surface area contributed by atoms with Gasteiger partial charge in [-0.2, -0.15) is 0 Å². The lowest BCUT2D eigenvalue weighted by Crippen LogP contribution is -2.66. The minimum atomic E-state index is -1.61. The fraction of sp³-hybridized carbons (Fsp3) is 0.932. The van der Waals surface area contributed by atoms with Crippen molar-refractivity contribution in [2.75, 3.05) is 26.3 Å². The molecule has 32 nitrogen and oxygen atoms in total. The van der Waals surface area contributed by atoms with E-state index in [1.54, 1.807) is 41.5 Å². The number of aliphatic hydroxyl groups is 12. The third-order valence-electron chi connectivity index (χ3n) is 16.9. The predicted octanol–water partition coefficient (Wildman–Crippen LogP) is -3.36. The second kappa shape index (κ2) is 35.7. The van der Waals surface area contributed by atoms with Crippen molar-refractivity contribution in [2.24, 2.45) is 46.8 Å². The number of nitrogens with two attached hydrogens (primary N) is 3. The third kappa shape index (κ3) is 23.0. The van der Waals surface area contributed by atoms with E-state index in [-0.39, 0.29) is 49.2 Å². The summed E-state index contributed by atoms with van der Waals surface area (Å²) in [4.78, 5) is 46.3. The fourth-order valence-electron chi connectivity index (χ4n) is 11.8. The molecule has 91 heavy (non-hydrogen) atoms. The molecular weight excluding hydrogens is 1210 g/mol. The highest BCUT2D eigenvalue weighted by Crippen LogP contribution is 2.41. The van der Waals surface area contributed by atoms with Gasteiger partial charge in [-0.25, -0.2) is 14.4 Å². The molecule has 0 spiro atoms. The molecule has 0 radical (unpaired) electrons. The number of hydrogen-bond donors (Lipinski definition) is 18. The number of aliphatic hydroxyl groups excluding tert-OH is 12. The Morgan fingerprint density at radius 2 is 0.857 bits per heavy atom. The number of aliphatic carboxylic acids is 1. The third-order valence-corrected chi connectivity index (χ3v) is 16.9. The number of ether oxygens (including phenoxy) is 10. The quantitative estimate of drug-likeness (QED) is 0.0566. The summed E-state index contributed by atoms with van der Waals surface area (Å²) in [5, 5.41) is 136. The number of amides is 2. The monoisotopic (exact) mass is 1320 g/mol. The van der Waals surface area contributed by atoms with Gasteiger partial charge in [-0.3, -0.25) is 4.79 Å². The van der Waals surface area contributed by atoms with Crippen molar-refractivity contribution in [3.63, 3.8) is 0 Å². The number of ketones is 1. The summed E-state index contributed by atoms with van der Waals surface area (Å²) < 4.78 is 57.5. The van der Waals surface area contributed by atoms with Crippen molar-refractivity contribution in [3.05, 3.63) is 0 Å². The lowest BCUT2D eigenvalue weighted by molar-refractivity contribution is -0.326. The Kier molecular flexibility index (Phi) is 31.4. The van der Waals surface area contributed by atoms with Gasteiger partial charge in [0.2, 0.25) is 0 Å². The molecule has 6 fully saturated rings. The van der Waals surface area contributed by atoms with E-state index in [4.69, 9.17) is 74.8 Å². The number of Topliss-reactive ketones (excluding diaryl/α,β-unsaturated/α-hetero) is 1. The molecule has 6 aliphatic rings. The summed E-state index contributed by atoms with van der Waals surface area (Å²) in [5.41, 5.74) is 16.7. The van der Waals surface area contributed by atoms with E-state index < -0.39 is 208 Å². The van der Waals surface area contributed by atoms with Crippen LogP contribution in [0.3, 0.4) is 0 Å². The summed E-state index contributed by atoms with van der Waals surface area (Å²) in [6, 6.07) is -2.90. The normalized spacial score (nSPS) is 41.2.